The molecule has 5 rings (SSSR count). The highest BCUT2D eigenvalue weighted by Gasteiger charge is 2.39. The number of pyridine rings is 2. The molecule has 188 valence electrons. The highest BCUT2D eigenvalue weighted by Crippen LogP contribution is 2.33. The molecule has 4 aromatic rings. The van der Waals surface area contributed by atoms with Gasteiger partial charge in [0.05, 0.1) is 52.4 Å². The highest BCUT2D eigenvalue weighted by molar-refractivity contribution is 6.35. The number of nitrogens with two attached hydrogens (primary N) is 1. The lowest BCUT2D eigenvalue weighted by Crippen LogP contribution is -2.42. The van der Waals surface area contributed by atoms with Crippen LogP contribution in [0.2, 0.25) is 5.02 Å². The molecule has 3 aromatic heterocycles. The lowest BCUT2D eigenvalue weighted by Gasteiger charge is -2.28. The van der Waals surface area contributed by atoms with Gasteiger partial charge in [0.15, 0.2) is 11.6 Å². The summed E-state index contributed by atoms with van der Waals surface area (Å²) in [6.07, 6.45) is -2.77. The molecule has 2 N–H and O–H groups in total. The molecule has 0 bridgehead atoms. The quantitative estimate of drug-likeness (QED) is 0.407. The first kappa shape index (κ1) is 24.0. The number of hydrogen-bond acceptors (Lipinski definition) is 7. The number of carbonyl (C=O) groups is 1. The Morgan fingerprint density at radius 1 is 1.28 bits per heavy atom. The summed E-state index contributed by atoms with van der Waals surface area (Å²) < 4.78 is 59.4. The second kappa shape index (κ2) is 8.75. The number of amides is 1. The van der Waals surface area contributed by atoms with Gasteiger partial charge < -0.3 is 10.5 Å². The second-order valence-corrected chi connectivity index (χ2v) is 8.61. The van der Waals surface area contributed by atoms with Crippen LogP contribution < -0.4 is 10.7 Å². The maximum absolute atomic E-state index is 14.6. The van der Waals surface area contributed by atoms with E-state index in [9.17, 15) is 22.4 Å². The summed E-state index contributed by atoms with van der Waals surface area (Å²) in [5, 5.41) is 7.56. The molecule has 36 heavy (non-hydrogen) atoms. The number of alkyl halides is 3. The monoisotopic (exact) mass is 523 g/mol. The average Bonchev–Trinajstić information content (AvgIpc) is 3.41. The topological polar surface area (TPSA) is 102 Å². The number of ether oxygens (including phenoxy) is 1. The number of nitrogen functional groups attached to an aromatic ring is 1. The van der Waals surface area contributed by atoms with Gasteiger partial charge in [-0.25, -0.2) is 19.4 Å². The van der Waals surface area contributed by atoms with E-state index in [0.717, 1.165) is 16.1 Å². The molecule has 1 saturated heterocycles. The van der Waals surface area contributed by atoms with Gasteiger partial charge in [-0.05, 0) is 24.3 Å². The van der Waals surface area contributed by atoms with Crippen molar-refractivity contribution in [1.29, 1.82) is 0 Å². The maximum atomic E-state index is 14.6. The third-order valence-corrected chi connectivity index (χ3v) is 6.08. The van der Waals surface area contributed by atoms with Gasteiger partial charge in [-0.1, -0.05) is 11.6 Å². The molecule has 9 nitrogen and oxygen atoms in total. The van der Waals surface area contributed by atoms with Crippen LogP contribution in [-0.4, -0.2) is 62.6 Å². The number of halogens is 5. The van der Waals surface area contributed by atoms with E-state index in [-0.39, 0.29) is 35.3 Å². The Kier molecular flexibility index (Phi) is 5.83. The Labute approximate surface area is 206 Å². The first-order valence-electron chi connectivity index (χ1n) is 10.6. The number of hydrazine groups is 1. The largest absolute Gasteiger partial charge is 0.411 e. The van der Waals surface area contributed by atoms with E-state index in [4.69, 9.17) is 22.1 Å². The van der Waals surface area contributed by atoms with E-state index >= 15 is 0 Å². The molecule has 1 unspecified atom stereocenters. The van der Waals surface area contributed by atoms with Crippen LogP contribution in [0.3, 0.4) is 0 Å². The van der Waals surface area contributed by atoms with Crippen LogP contribution in [0.5, 0.6) is 0 Å². The second-order valence-electron chi connectivity index (χ2n) is 8.20. The van der Waals surface area contributed by atoms with E-state index in [1.807, 2.05) is 0 Å². The molecule has 1 aliphatic rings. The molecule has 0 aliphatic carbocycles. The van der Waals surface area contributed by atoms with Gasteiger partial charge in [0.1, 0.15) is 12.4 Å². The molecule has 1 aliphatic heterocycles. The Balaban J connectivity index is 1.57. The van der Waals surface area contributed by atoms with Crippen LogP contribution in [0.4, 0.5) is 29.2 Å². The molecule has 1 amide bonds. The number of benzene rings is 1. The fourth-order valence-corrected chi connectivity index (χ4v) is 4.44. The normalized spacial score (nSPS) is 16.4. The van der Waals surface area contributed by atoms with Crippen LogP contribution in [0.25, 0.3) is 21.8 Å². The molecule has 4 heterocycles. The zero-order valence-corrected chi connectivity index (χ0v) is 19.4. The van der Waals surface area contributed by atoms with Crippen molar-refractivity contribution in [2.45, 2.75) is 12.3 Å². The van der Waals surface area contributed by atoms with Crippen LogP contribution in [-0.2, 0) is 11.8 Å². The SMILES string of the molecule is Cn1ncc2c(N)nc3cc(Cl)c(C(=O)N4CC(OCC(F)(F)F)CN4c4ncccc4F)cc3c21. The number of hydrogen-bond donors (Lipinski definition) is 1. The van der Waals surface area contributed by atoms with Crippen LogP contribution in [0, 0.1) is 5.82 Å². The molecule has 1 atom stereocenters. The van der Waals surface area contributed by atoms with Crippen molar-refractivity contribution in [3.05, 3.63) is 53.1 Å². The van der Waals surface area contributed by atoms with E-state index in [0.29, 0.717) is 21.8 Å². The summed E-state index contributed by atoms with van der Waals surface area (Å²) in [6, 6.07) is 5.46. The van der Waals surface area contributed by atoms with Crippen LogP contribution >= 0.6 is 11.6 Å². The Morgan fingerprint density at radius 2 is 2.06 bits per heavy atom. The highest BCUT2D eigenvalue weighted by atomic mass is 35.5. The minimum atomic E-state index is -4.57. The average molecular weight is 524 g/mol. The van der Waals surface area contributed by atoms with Gasteiger partial charge in [-0.3, -0.25) is 14.5 Å². The Morgan fingerprint density at radius 3 is 2.78 bits per heavy atom. The fourth-order valence-electron chi connectivity index (χ4n) is 4.20. The van der Waals surface area contributed by atoms with Crippen molar-refractivity contribution in [2.75, 3.05) is 30.4 Å². The zero-order valence-electron chi connectivity index (χ0n) is 18.6. The molecule has 1 fully saturated rings. The number of nitrogens with zero attached hydrogens (tertiary/aromatic N) is 6. The predicted molar refractivity (Wildman–Crippen MR) is 124 cm³/mol. The van der Waals surface area contributed by atoms with Gasteiger partial charge >= 0.3 is 6.18 Å². The predicted octanol–water partition coefficient (Wildman–Crippen LogP) is 3.72. The lowest BCUT2D eigenvalue weighted by atomic mass is 10.1. The molecule has 0 spiro atoms. The van der Waals surface area contributed by atoms with Crippen molar-refractivity contribution in [1.82, 2.24) is 24.8 Å². The minimum Gasteiger partial charge on any atom is -0.383 e. The van der Waals surface area contributed by atoms with Crippen molar-refractivity contribution in [3.8, 4) is 0 Å². The van der Waals surface area contributed by atoms with Crippen molar-refractivity contribution >= 4 is 50.9 Å². The molecular weight excluding hydrogens is 506 g/mol. The van der Waals surface area contributed by atoms with Crippen molar-refractivity contribution < 1.29 is 27.1 Å². The number of anilines is 2. The number of rotatable bonds is 4. The van der Waals surface area contributed by atoms with E-state index in [2.05, 4.69) is 15.1 Å². The van der Waals surface area contributed by atoms with Crippen LogP contribution in [0.15, 0.2) is 36.7 Å². The van der Waals surface area contributed by atoms with Crippen LogP contribution in [0.1, 0.15) is 10.4 Å². The van der Waals surface area contributed by atoms with E-state index in [1.54, 1.807) is 17.9 Å². The lowest BCUT2D eigenvalue weighted by molar-refractivity contribution is -0.182. The fraction of sp³-hybridized carbons (Fsp3) is 0.273. The van der Waals surface area contributed by atoms with E-state index in [1.165, 1.54) is 24.4 Å². The molecule has 0 saturated carbocycles. The zero-order chi connectivity index (χ0) is 25.8. The van der Waals surface area contributed by atoms with Gasteiger partial charge in [-0.15, -0.1) is 0 Å². The van der Waals surface area contributed by atoms with Crippen molar-refractivity contribution in [2.24, 2.45) is 7.05 Å². The standard InChI is InChI=1S/C22H18ClF4N7O2/c1-32-18-13-5-12(15(23)6-17(13)31-19(28)14(18)7-30-32)21(35)34-9-11(36-10-22(25,26)27)8-33(34)20-16(24)3-2-4-29-20/h2-7,11H,8-10H2,1H3,(H2,28,31). The summed E-state index contributed by atoms with van der Waals surface area (Å²) in [7, 11) is 1.70. The van der Waals surface area contributed by atoms with E-state index < -0.39 is 30.6 Å². The summed E-state index contributed by atoms with van der Waals surface area (Å²) >= 11 is 6.44. The third-order valence-electron chi connectivity index (χ3n) is 5.77. The first-order chi connectivity index (χ1) is 17.0. The molecule has 14 heteroatoms. The Hall–Kier alpha value is -3.71. The minimum absolute atomic E-state index is 0.0241. The summed E-state index contributed by atoms with van der Waals surface area (Å²) in [5.74, 6) is -1.43. The number of carbonyl (C=O) groups excluding carboxylic acids is 1. The van der Waals surface area contributed by atoms with Crippen molar-refractivity contribution in [3.63, 3.8) is 0 Å². The summed E-state index contributed by atoms with van der Waals surface area (Å²) in [6.45, 7) is -2.02. The van der Waals surface area contributed by atoms with Gasteiger partial charge in [0.25, 0.3) is 5.91 Å². The maximum Gasteiger partial charge on any atom is 0.411 e. The Bertz CT molecular complexity index is 1490. The van der Waals surface area contributed by atoms with Gasteiger partial charge in [0, 0.05) is 18.6 Å². The number of fused-ring (bicyclic) bond motifs is 3. The molecular formula is C22H18ClF4N7O2. The first-order valence-corrected chi connectivity index (χ1v) is 11.0. The molecule has 0 radical (unpaired) electrons. The summed E-state index contributed by atoms with van der Waals surface area (Å²) in [5.41, 5.74) is 7.09. The smallest absolute Gasteiger partial charge is 0.383 e. The molecule has 1 aromatic carbocycles. The van der Waals surface area contributed by atoms with Gasteiger partial charge in [-0.2, -0.15) is 18.3 Å². The summed E-state index contributed by atoms with van der Waals surface area (Å²) in [4.78, 5) is 22.0. The van der Waals surface area contributed by atoms with Gasteiger partial charge in [0.2, 0.25) is 0 Å². The number of aromatic nitrogens is 4. The third kappa shape index (κ3) is 4.24. The number of aryl methyl sites for hydroxylation is 1.